The summed E-state index contributed by atoms with van der Waals surface area (Å²) in [4.78, 5) is 98.3. The first-order valence-electron chi connectivity index (χ1n) is 18.9. The maximum Gasteiger partial charge on any atom is 2.00 e. The van der Waals surface area contributed by atoms with Crippen LogP contribution in [0, 0.1) is 0 Å². The summed E-state index contributed by atoms with van der Waals surface area (Å²) in [5.74, 6) is -4.76. The molecule has 0 radical (unpaired) electrons. The van der Waals surface area contributed by atoms with E-state index in [-0.39, 0.29) is 61.4 Å². The van der Waals surface area contributed by atoms with Crippen molar-refractivity contribution in [3.63, 3.8) is 0 Å². The van der Waals surface area contributed by atoms with Gasteiger partial charge in [-0.15, -0.1) is 0 Å². The molecular formula is C36H54CaN4O12. The van der Waals surface area contributed by atoms with Gasteiger partial charge in [-0.3, -0.25) is 19.2 Å². The molecule has 0 spiro atoms. The van der Waals surface area contributed by atoms with Gasteiger partial charge in [0, 0.05) is 51.9 Å². The van der Waals surface area contributed by atoms with Gasteiger partial charge in [0.15, 0.2) is 0 Å². The van der Waals surface area contributed by atoms with Gasteiger partial charge >= 0.3 is 49.7 Å². The number of carbonyl (C=O) groups is 8. The minimum Gasteiger partial charge on any atom is -0.548 e. The fourth-order valence-electron chi connectivity index (χ4n) is 7.65. The molecule has 53 heavy (non-hydrogen) atoms. The minimum atomic E-state index is -1.18. The van der Waals surface area contributed by atoms with Gasteiger partial charge in [0.25, 0.3) is 0 Å². The number of likely N-dealkylation sites (tertiary alicyclic amines) is 4. The van der Waals surface area contributed by atoms with Crippen molar-refractivity contribution in [3.8, 4) is 0 Å². The van der Waals surface area contributed by atoms with E-state index < -0.39 is 48.0 Å². The third-order valence-electron chi connectivity index (χ3n) is 10.5. The Balaban J connectivity index is 0.000000360. The number of carboxylic acid groups (broad SMARTS) is 4. The van der Waals surface area contributed by atoms with Crippen molar-refractivity contribution < 1.29 is 58.8 Å². The van der Waals surface area contributed by atoms with Crippen molar-refractivity contribution in [2.24, 2.45) is 0 Å². The number of hydrogen-bond donors (Lipinski definition) is 2. The Labute approximate surface area is 340 Å². The molecule has 0 aromatic carbocycles. The van der Waals surface area contributed by atoms with Crippen molar-refractivity contribution in [1.29, 1.82) is 0 Å². The molecular weight excluding hydrogens is 720 g/mol. The molecule has 0 aliphatic carbocycles. The first-order chi connectivity index (χ1) is 24.8. The second-order valence-corrected chi connectivity index (χ2v) is 14.1. The van der Waals surface area contributed by atoms with Crippen LogP contribution in [0.3, 0.4) is 0 Å². The van der Waals surface area contributed by atoms with Gasteiger partial charge in [0.1, 0.15) is 12.1 Å². The molecule has 0 aromatic heterocycles. The Morgan fingerprint density at radius 3 is 0.868 bits per heavy atom. The van der Waals surface area contributed by atoms with Gasteiger partial charge < -0.3 is 49.6 Å². The molecule has 0 bridgehead atoms. The Bertz CT molecular complexity index is 1110. The molecule has 4 atom stereocenters. The molecule has 292 valence electrons. The van der Waals surface area contributed by atoms with Gasteiger partial charge in [-0.05, 0) is 77.0 Å². The van der Waals surface area contributed by atoms with E-state index in [2.05, 4.69) is 0 Å². The number of amides is 4. The third kappa shape index (κ3) is 14.3. The summed E-state index contributed by atoms with van der Waals surface area (Å²) in [6, 6.07) is -2.94. The number of hydrogen-bond acceptors (Lipinski definition) is 10. The molecule has 4 heterocycles. The average molecular weight is 775 g/mol. The molecule has 4 fully saturated rings. The van der Waals surface area contributed by atoms with E-state index in [1.807, 2.05) is 0 Å². The van der Waals surface area contributed by atoms with Crippen molar-refractivity contribution in [1.82, 2.24) is 19.6 Å². The molecule has 0 unspecified atom stereocenters. The molecule has 4 rings (SSSR count). The molecule has 2 N–H and O–H groups in total. The first kappa shape index (κ1) is 46.2. The SMILES string of the molecule is O=C([O-])[C@H]1CCCN1C(=O)CCCCCCC(=O)N1CCC[C@@H]1C(=O)O.O=C([O-])[C@H]1CCCN1C(=O)CCCCCCC(=O)N1CCC[C@@H]1C(=O)O.[Ca+2]. The van der Waals surface area contributed by atoms with Crippen LogP contribution in [0.25, 0.3) is 0 Å². The van der Waals surface area contributed by atoms with Crippen molar-refractivity contribution in [3.05, 3.63) is 0 Å². The molecule has 0 saturated carbocycles. The van der Waals surface area contributed by atoms with Crippen LogP contribution in [0.2, 0.25) is 0 Å². The minimum absolute atomic E-state index is 0. The monoisotopic (exact) mass is 774 g/mol. The Kier molecular flexibility index (Phi) is 20.7. The van der Waals surface area contributed by atoms with Gasteiger partial charge in [0.2, 0.25) is 23.6 Å². The van der Waals surface area contributed by atoms with E-state index >= 15 is 0 Å². The summed E-state index contributed by atoms with van der Waals surface area (Å²) < 4.78 is 0. The summed E-state index contributed by atoms with van der Waals surface area (Å²) in [6.07, 6.45) is 11.9. The third-order valence-corrected chi connectivity index (χ3v) is 10.5. The quantitative estimate of drug-likeness (QED) is 0.137. The van der Waals surface area contributed by atoms with Gasteiger partial charge in [-0.25, -0.2) is 9.59 Å². The predicted molar refractivity (Wildman–Crippen MR) is 185 cm³/mol. The number of rotatable bonds is 18. The van der Waals surface area contributed by atoms with Gasteiger partial charge in [0.05, 0.1) is 24.0 Å². The van der Waals surface area contributed by atoms with Crippen molar-refractivity contribution >= 4 is 85.2 Å². The second-order valence-electron chi connectivity index (χ2n) is 14.1. The van der Waals surface area contributed by atoms with Crippen LogP contribution < -0.4 is 10.2 Å². The fourth-order valence-corrected chi connectivity index (χ4v) is 7.65. The van der Waals surface area contributed by atoms with Gasteiger partial charge in [-0.1, -0.05) is 25.7 Å². The second kappa shape index (κ2) is 23.7. The fraction of sp³-hybridized carbons (Fsp3) is 0.778. The van der Waals surface area contributed by atoms with Crippen molar-refractivity contribution in [2.75, 3.05) is 26.2 Å². The zero-order valence-corrected chi connectivity index (χ0v) is 33.0. The van der Waals surface area contributed by atoms with E-state index in [0.717, 1.165) is 38.5 Å². The maximum atomic E-state index is 12.1. The van der Waals surface area contributed by atoms with Crippen LogP contribution in [-0.4, -0.2) is 165 Å². The maximum absolute atomic E-state index is 12.1. The van der Waals surface area contributed by atoms with Crippen LogP contribution in [0.15, 0.2) is 0 Å². The van der Waals surface area contributed by atoms with Crippen LogP contribution >= 0.6 is 0 Å². The van der Waals surface area contributed by atoms with Crippen molar-refractivity contribution in [2.45, 2.75) is 153 Å². The standard InChI is InChI=1S/2C18H28N2O6.Ca/c2*21-15(19-11-5-7-13(19)17(23)24)9-3-1-2-4-10-16(22)20-12-6-8-14(20)18(25)26;/h2*13-14H,1-12H2,(H,23,24)(H,25,26);/q;;+2/p-2/t2*13-,14-;/m11./s1. The van der Waals surface area contributed by atoms with E-state index in [0.29, 0.717) is 116 Å². The molecule has 17 heteroatoms. The smallest absolute Gasteiger partial charge is 0.548 e. The van der Waals surface area contributed by atoms with Gasteiger partial charge in [-0.2, -0.15) is 0 Å². The Hall–Kier alpha value is -2.98. The summed E-state index contributed by atoms with van der Waals surface area (Å²) >= 11 is 0. The zero-order valence-electron chi connectivity index (χ0n) is 30.8. The largest absolute Gasteiger partial charge is 2.00 e. The molecule has 0 aromatic rings. The predicted octanol–water partition coefficient (Wildman–Crippen LogP) is -0.0938. The number of unbranched alkanes of at least 4 members (excludes halogenated alkanes) is 6. The molecule has 4 aliphatic rings. The molecule has 4 aliphatic heterocycles. The summed E-state index contributed by atoms with van der Waals surface area (Å²) in [5, 5.41) is 40.2. The van der Waals surface area contributed by atoms with Crippen LogP contribution in [0.4, 0.5) is 0 Å². The summed E-state index contributed by atoms with van der Waals surface area (Å²) in [6.45, 7) is 1.98. The van der Waals surface area contributed by atoms with Crippen LogP contribution in [0.1, 0.15) is 128 Å². The van der Waals surface area contributed by atoms with E-state index in [9.17, 15) is 48.6 Å². The Morgan fingerprint density at radius 2 is 0.642 bits per heavy atom. The number of nitrogens with zero attached hydrogens (tertiary/aromatic N) is 4. The summed E-state index contributed by atoms with van der Waals surface area (Å²) in [7, 11) is 0. The van der Waals surface area contributed by atoms with E-state index in [1.54, 1.807) is 0 Å². The molecule has 4 amide bonds. The van der Waals surface area contributed by atoms with Crippen LogP contribution in [0.5, 0.6) is 0 Å². The van der Waals surface area contributed by atoms with E-state index in [1.165, 1.54) is 19.6 Å². The molecule has 4 saturated heterocycles. The zero-order chi connectivity index (χ0) is 38.2. The normalized spacial score (nSPS) is 22.2. The number of carboxylic acids is 4. The number of carbonyl (C=O) groups excluding carboxylic acids is 6. The average Bonchev–Trinajstić information content (AvgIpc) is 3.93. The van der Waals surface area contributed by atoms with Crippen LogP contribution in [-0.2, 0) is 38.4 Å². The first-order valence-corrected chi connectivity index (χ1v) is 18.9. The topological polar surface area (TPSA) is 236 Å². The molecule has 16 nitrogen and oxygen atoms in total. The Morgan fingerprint density at radius 1 is 0.415 bits per heavy atom. The van der Waals surface area contributed by atoms with E-state index in [4.69, 9.17) is 10.2 Å². The number of aliphatic carboxylic acids is 4. The summed E-state index contributed by atoms with van der Waals surface area (Å²) in [5.41, 5.74) is 0.